The van der Waals surface area contributed by atoms with E-state index in [4.69, 9.17) is 0 Å². The van der Waals surface area contributed by atoms with Gasteiger partial charge in [-0.25, -0.2) is 0 Å². The molecular formula is C7H8N2O. The van der Waals surface area contributed by atoms with E-state index < -0.39 is 0 Å². The lowest BCUT2D eigenvalue weighted by Gasteiger charge is -1.91. The van der Waals surface area contributed by atoms with Gasteiger partial charge in [0.25, 0.3) is 0 Å². The molecule has 0 saturated carbocycles. The van der Waals surface area contributed by atoms with Crippen molar-refractivity contribution in [1.82, 2.24) is 4.98 Å². The van der Waals surface area contributed by atoms with Crippen LogP contribution in [0.1, 0.15) is 5.69 Å². The van der Waals surface area contributed by atoms with Crippen LogP contribution < -0.4 is 0 Å². The lowest BCUT2D eigenvalue weighted by Crippen LogP contribution is -1.90. The summed E-state index contributed by atoms with van der Waals surface area (Å²) in [6.07, 6.45) is 2.35. The zero-order valence-corrected chi connectivity index (χ0v) is 5.53. The van der Waals surface area contributed by atoms with Crippen molar-refractivity contribution in [2.75, 3.05) is 6.54 Å². The fraction of sp³-hybridized carbons (Fsp3) is 0.286. The number of rotatable bonds is 3. The van der Waals surface area contributed by atoms with E-state index in [0.29, 0.717) is 13.0 Å². The topological polar surface area (TPSA) is 42.3 Å². The summed E-state index contributed by atoms with van der Waals surface area (Å²) in [5.74, 6) is 0. The highest BCUT2D eigenvalue weighted by Crippen LogP contribution is 1.93. The summed E-state index contributed by atoms with van der Waals surface area (Å²) in [5, 5.41) is 2.74. The first-order chi connectivity index (χ1) is 4.93. The molecule has 0 bridgehead atoms. The Labute approximate surface area is 59.1 Å². The number of hydrogen-bond donors (Lipinski definition) is 0. The first kappa shape index (κ1) is 6.86. The molecule has 3 heteroatoms. The van der Waals surface area contributed by atoms with E-state index in [1.165, 1.54) is 0 Å². The summed E-state index contributed by atoms with van der Waals surface area (Å²) in [6.45, 7) is 0.316. The minimum Gasteiger partial charge on any atom is -0.261 e. The third kappa shape index (κ3) is 1.93. The van der Waals surface area contributed by atoms with Crippen LogP contribution in [0.5, 0.6) is 0 Å². The average molecular weight is 136 g/mol. The standard InChI is InChI=1S/C7H8N2O/c10-9-6-4-7-3-1-2-5-8-7/h1-3,5H,4,6H2. The molecule has 0 unspecified atom stereocenters. The summed E-state index contributed by atoms with van der Waals surface area (Å²) in [6, 6.07) is 5.62. The molecule has 10 heavy (non-hydrogen) atoms. The van der Waals surface area contributed by atoms with Gasteiger partial charge in [0.2, 0.25) is 0 Å². The van der Waals surface area contributed by atoms with Crippen LogP contribution in [0.25, 0.3) is 0 Å². The van der Waals surface area contributed by atoms with Gasteiger partial charge in [0.1, 0.15) is 0 Å². The van der Waals surface area contributed by atoms with Crippen molar-refractivity contribution in [2.24, 2.45) is 5.18 Å². The van der Waals surface area contributed by atoms with Crippen molar-refractivity contribution < 1.29 is 0 Å². The summed E-state index contributed by atoms with van der Waals surface area (Å²) in [4.78, 5) is 13.7. The molecule has 0 aliphatic heterocycles. The Kier molecular flexibility index (Phi) is 2.55. The second-order valence-electron chi connectivity index (χ2n) is 1.92. The van der Waals surface area contributed by atoms with Crippen LogP contribution in [-0.4, -0.2) is 11.5 Å². The summed E-state index contributed by atoms with van der Waals surface area (Å²) >= 11 is 0. The lowest BCUT2D eigenvalue weighted by molar-refractivity contribution is 0.917. The zero-order valence-electron chi connectivity index (χ0n) is 5.53. The maximum atomic E-state index is 9.70. The van der Waals surface area contributed by atoms with Gasteiger partial charge in [-0.1, -0.05) is 11.2 Å². The number of pyridine rings is 1. The molecular weight excluding hydrogens is 128 g/mol. The van der Waals surface area contributed by atoms with Crippen LogP contribution in [0.4, 0.5) is 0 Å². The van der Waals surface area contributed by atoms with Crippen LogP contribution in [-0.2, 0) is 6.42 Å². The molecule has 0 aliphatic rings. The Bertz CT molecular complexity index is 198. The van der Waals surface area contributed by atoms with E-state index in [9.17, 15) is 4.91 Å². The average Bonchev–Trinajstić information content (AvgIpc) is 2.03. The zero-order chi connectivity index (χ0) is 7.23. The van der Waals surface area contributed by atoms with Crippen molar-refractivity contribution in [2.45, 2.75) is 6.42 Å². The molecule has 0 saturated heterocycles. The third-order valence-corrected chi connectivity index (χ3v) is 1.19. The smallest absolute Gasteiger partial charge is 0.0866 e. The molecule has 0 fully saturated rings. The molecule has 52 valence electrons. The SMILES string of the molecule is O=NCCc1ccccn1. The molecule has 0 aliphatic carbocycles. The maximum absolute atomic E-state index is 9.70. The monoisotopic (exact) mass is 136 g/mol. The third-order valence-electron chi connectivity index (χ3n) is 1.19. The van der Waals surface area contributed by atoms with Gasteiger partial charge in [-0.2, -0.15) is 4.91 Å². The van der Waals surface area contributed by atoms with Crippen LogP contribution in [0.15, 0.2) is 29.6 Å². The molecule has 1 rings (SSSR count). The molecule has 1 heterocycles. The van der Waals surface area contributed by atoms with E-state index in [0.717, 1.165) is 5.69 Å². The van der Waals surface area contributed by atoms with Crippen LogP contribution in [0.2, 0.25) is 0 Å². The first-order valence-corrected chi connectivity index (χ1v) is 3.12. The van der Waals surface area contributed by atoms with Crippen LogP contribution >= 0.6 is 0 Å². The lowest BCUT2D eigenvalue weighted by atomic mass is 10.3. The number of nitrogens with zero attached hydrogens (tertiary/aromatic N) is 2. The van der Waals surface area contributed by atoms with Gasteiger partial charge in [0, 0.05) is 18.3 Å². The molecule has 0 amide bonds. The number of hydrogen-bond acceptors (Lipinski definition) is 3. The second kappa shape index (κ2) is 3.71. The fourth-order valence-corrected chi connectivity index (χ4v) is 0.706. The molecule has 0 spiro atoms. The van der Waals surface area contributed by atoms with Crippen LogP contribution in [0, 0.1) is 4.91 Å². The highest BCUT2D eigenvalue weighted by atomic mass is 16.3. The maximum Gasteiger partial charge on any atom is 0.0866 e. The van der Waals surface area contributed by atoms with Crippen molar-refractivity contribution in [3.05, 3.63) is 35.0 Å². The minimum atomic E-state index is 0.316. The predicted molar refractivity (Wildman–Crippen MR) is 38.6 cm³/mol. The molecule has 0 aromatic carbocycles. The Morgan fingerprint density at radius 3 is 3.00 bits per heavy atom. The van der Waals surface area contributed by atoms with Gasteiger partial charge in [-0.3, -0.25) is 4.98 Å². The fourth-order valence-electron chi connectivity index (χ4n) is 0.706. The van der Waals surface area contributed by atoms with Crippen molar-refractivity contribution in [3.63, 3.8) is 0 Å². The highest BCUT2D eigenvalue weighted by Gasteiger charge is 1.89. The summed E-state index contributed by atoms with van der Waals surface area (Å²) in [7, 11) is 0. The van der Waals surface area contributed by atoms with E-state index in [1.807, 2.05) is 18.2 Å². The van der Waals surface area contributed by atoms with Gasteiger partial charge >= 0.3 is 0 Å². The van der Waals surface area contributed by atoms with Crippen molar-refractivity contribution >= 4 is 0 Å². The van der Waals surface area contributed by atoms with Gasteiger partial charge in [0.15, 0.2) is 0 Å². The molecule has 0 radical (unpaired) electrons. The normalized spacial score (nSPS) is 9.20. The van der Waals surface area contributed by atoms with E-state index in [1.54, 1.807) is 6.20 Å². The molecule has 1 aromatic rings. The number of aromatic nitrogens is 1. The van der Waals surface area contributed by atoms with E-state index in [-0.39, 0.29) is 0 Å². The molecule has 0 atom stereocenters. The second-order valence-corrected chi connectivity index (χ2v) is 1.92. The molecule has 1 aromatic heterocycles. The van der Waals surface area contributed by atoms with Gasteiger partial charge in [-0.15, -0.1) is 0 Å². The van der Waals surface area contributed by atoms with Gasteiger partial charge < -0.3 is 0 Å². The highest BCUT2D eigenvalue weighted by molar-refractivity contribution is 5.03. The Morgan fingerprint density at radius 1 is 1.50 bits per heavy atom. The van der Waals surface area contributed by atoms with Gasteiger partial charge in [-0.05, 0) is 12.1 Å². The largest absolute Gasteiger partial charge is 0.261 e. The summed E-state index contributed by atoms with van der Waals surface area (Å²) < 4.78 is 0. The summed E-state index contributed by atoms with van der Waals surface area (Å²) in [5.41, 5.74) is 0.919. The Balaban J connectivity index is 2.50. The van der Waals surface area contributed by atoms with Crippen molar-refractivity contribution in [3.8, 4) is 0 Å². The van der Waals surface area contributed by atoms with E-state index in [2.05, 4.69) is 10.2 Å². The van der Waals surface area contributed by atoms with Crippen molar-refractivity contribution in [1.29, 1.82) is 0 Å². The molecule has 3 nitrogen and oxygen atoms in total. The minimum absolute atomic E-state index is 0.316. The Morgan fingerprint density at radius 2 is 2.40 bits per heavy atom. The quantitative estimate of drug-likeness (QED) is 0.589. The predicted octanol–water partition coefficient (Wildman–Crippen LogP) is 1.39. The van der Waals surface area contributed by atoms with E-state index >= 15 is 0 Å². The first-order valence-electron chi connectivity index (χ1n) is 3.12. The molecule has 0 N–H and O–H groups in total. The van der Waals surface area contributed by atoms with Gasteiger partial charge in [0.05, 0.1) is 6.54 Å². The van der Waals surface area contributed by atoms with Crippen LogP contribution in [0.3, 0.4) is 0 Å². The number of nitroso groups, excluding NO2 is 1. The Hall–Kier alpha value is -1.25.